The summed E-state index contributed by atoms with van der Waals surface area (Å²) in [6, 6.07) is 2.23. The molecule has 0 amide bonds. The molecule has 128 valence electrons. The Bertz CT molecular complexity index is 672. The van der Waals surface area contributed by atoms with Crippen LogP contribution in [0.15, 0.2) is 17.8 Å². The first-order chi connectivity index (χ1) is 11.8. The number of hydrogen-bond acceptors (Lipinski definition) is 6. The average molecular weight is 344 g/mol. The molecule has 0 atom stereocenters. The van der Waals surface area contributed by atoms with Gasteiger partial charge in [-0.1, -0.05) is 0 Å². The van der Waals surface area contributed by atoms with Crippen molar-refractivity contribution < 1.29 is 0 Å². The van der Waals surface area contributed by atoms with Gasteiger partial charge in [0, 0.05) is 42.7 Å². The summed E-state index contributed by atoms with van der Waals surface area (Å²) in [4.78, 5) is 18.6. The first kappa shape index (κ1) is 16.0. The van der Waals surface area contributed by atoms with E-state index < -0.39 is 0 Å². The van der Waals surface area contributed by atoms with Crippen molar-refractivity contribution in [3.8, 4) is 0 Å². The molecule has 24 heavy (non-hydrogen) atoms. The second kappa shape index (κ2) is 7.15. The van der Waals surface area contributed by atoms with E-state index in [9.17, 15) is 0 Å². The molecule has 4 rings (SSSR count). The third kappa shape index (κ3) is 3.59. The SMILES string of the molecule is Cc1nc(CN2CCC(c3cc(N4CCCC4)ncn3)CC2)cs1. The second-order valence-corrected chi connectivity index (χ2v) is 7.97. The van der Waals surface area contributed by atoms with E-state index in [1.165, 1.54) is 37.1 Å². The third-order valence-corrected chi connectivity index (χ3v) is 5.98. The zero-order chi connectivity index (χ0) is 16.4. The number of hydrogen-bond donors (Lipinski definition) is 0. The minimum atomic E-state index is 0.572. The predicted molar refractivity (Wildman–Crippen MR) is 97.6 cm³/mol. The van der Waals surface area contributed by atoms with E-state index in [0.717, 1.165) is 43.5 Å². The lowest BCUT2D eigenvalue weighted by Gasteiger charge is -2.31. The molecule has 4 heterocycles. The number of rotatable bonds is 4. The van der Waals surface area contributed by atoms with Gasteiger partial charge in [0.05, 0.1) is 10.7 Å². The van der Waals surface area contributed by atoms with E-state index in [-0.39, 0.29) is 0 Å². The molecule has 0 aliphatic carbocycles. The van der Waals surface area contributed by atoms with Gasteiger partial charge in [-0.2, -0.15) is 0 Å². The molecule has 5 nitrogen and oxygen atoms in total. The summed E-state index contributed by atoms with van der Waals surface area (Å²) >= 11 is 1.74. The number of likely N-dealkylation sites (tertiary alicyclic amines) is 1. The van der Waals surface area contributed by atoms with E-state index >= 15 is 0 Å². The number of aryl methyl sites for hydroxylation is 1. The first-order valence-corrected chi connectivity index (χ1v) is 9.86. The smallest absolute Gasteiger partial charge is 0.132 e. The van der Waals surface area contributed by atoms with Crippen LogP contribution in [-0.2, 0) is 6.54 Å². The summed E-state index contributed by atoms with van der Waals surface area (Å²) in [5, 5.41) is 3.35. The highest BCUT2D eigenvalue weighted by Crippen LogP contribution is 2.29. The van der Waals surface area contributed by atoms with Crippen molar-refractivity contribution in [2.75, 3.05) is 31.1 Å². The maximum atomic E-state index is 4.59. The Morgan fingerprint density at radius 1 is 1.12 bits per heavy atom. The quantitative estimate of drug-likeness (QED) is 0.853. The highest BCUT2D eigenvalue weighted by molar-refractivity contribution is 7.09. The minimum absolute atomic E-state index is 0.572. The van der Waals surface area contributed by atoms with Gasteiger partial charge in [-0.15, -0.1) is 11.3 Å². The summed E-state index contributed by atoms with van der Waals surface area (Å²) in [5.74, 6) is 1.70. The Labute approximate surface area is 147 Å². The van der Waals surface area contributed by atoms with E-state index in [4.69, 9.17) is 0 Å². The maximum absolute atomic E-state index is 4.59. The summed E-state index contributed by atoms with van der Waals surface area (Å²) in [6.45, 7) is 7.60. The fraction of sp³-hybridized carbons (Fsp3) is 0.611. The van der Waals surface area contributed by atoms with Gasteiger partial charge in [-0.25, -0.2) is 15.0 Å². The van der Waals surface area contributed by atoms with Crippen LogP contribution in [0, 0.1) is 6.92 Å². The monoisotopic (exact) mass is 343 g/mol. The van der Waals surface area contributed by atoms with Crippen LogP contribution in [0.3, 0.4) is 0 Å². The van der Waals surface area contributed by atoms with Crippen molar-refractivity contribution in [1.29, 1.82) is 0 Å². The highest BCUT2D eigenvalue weighted by atomic mass is 32.1. The molecule has 2 aliphatic rings. The zero-order valence-electron chi connectivity index (χ0n) is 14.3. The number of aromatic nitrogens is 3. The lowest BCUT2D eigenvalue weighted by Crippen LogP contribution is -2.33. The van der Waals surface area contributed by atoms with Crippen molar-refractivity contribution in [1.82, 2.24) is 19.9 Å². The molecular weight excluding hydrogens is 318 g/mol. The standard InChI is InChI=1S/C18H25N5S/c1-14-21-16(12-24-14)11-22-8-4-15(5-9-22)17-10-18(20-13-19-17)23-6-2-3-7-23/h10,12-13,15H,2-9,11H2,1H3. The first-order valence-electron chi connectivity index (χ1n) is 8.98. The lowest BCUT2D eigenvalue weighted by molar-refractivity contribution is 0.201. The summed E-state index contributed by atoms with van der Waals surface area (Å²) < 4.78 is 0. The number of anilines is 1. The van der Waals surface area contributed by atoms with Crippen LogP contribution in [0.25, 0.3) is 0 Å². The van der Waals surface area contributed by atoms with Crippen molar-refractivity contribution in [2.24, 2.45) is 0 Å². The Balaban J connectivity index is 1.36. The predicted octanol–water partition coefficient (Wildman–Crippen LogP) is 3.22. The van der Waals surface area contributed by atoms with Crippen LogP contribution >= 0.6 is 11.3 Å². The van der Waals surface area contributed by atoms with Crippen molar-refractivity contribution >= 4 is 17.2 Å². The van der Waals surface area contributed by atoms with Gasteiger partial charge in [0.15, 0.2) is 0 Å². The van der Waals surface area contributed by atoms with Crippen molar-refractivity contribution in [2.45, 2.75) is 45.1 Å². The van der Waals surface area contributed by atoms with Crippen LogP contribution in [-0.4, -0.2) is 46.0 Å². The number of piperidine rings is 1. The lowest BCUT2D eigenvalue weighted by atomic mass is 9.93. The Morgan fingerprint density at radius 3 is 2.62 bits per heavy atom. The van der Waals surface area contributed by atoms with Gasteiger partial charge in [0.2, 0.25) is 0 Å². The van der Waals surface area contributed by atoms with Crippen LogP contribution in [0.1, 0.15) is 48.0 Å². The molecule has 0 N–H and O–H groups in total. The third-order valence-electron chi connectivity index (χ3n) is 5.16. The van der Waals surface area contributed by atoms with Crippen LogP contribution in [0.4, 0.5) is 5.82 Å². The fourth-order valence-electron chi connectivity index (χ4n) is 3.80. The highest BCUT2D eigenvalue weighted by Gasteiger charge is 2.23. The average Bonchev–Trinajstić information content (AvgIpc) is 3.28. The fourth-order valence-corrected chi connectivity index (χ4v) is 4.40. The van der Waals surface area contributed by atoms with Gasteiger partial charge >= 0.3 is 0 Å². The molecule has 6 heteroatoms. The molecule has 2 aromatic heterocycles. The van der Waals surface area contributed by atoms with Gasteiger partial charge in [-0.05, 0) is 45.7 Å². The van der Waals surface area contributed by atoms with Gasteiger partial charge < -0.3 is 4.90 Å². The Morgan fingerprint density at radius 2 is 1.92 bits per heavy atom. The Hall–Kier alpha value is -1.53. The van der Waals surface area contributed by atoms with Crippen molar-refractivity contribution in [3.63, 3.8) is 0 Å². The summed E-state index contributed by atoms with van der Waals surface area (Å²) in [6.07, 6.45) is 6.69. The number of nitrogens with zero attached hydrogens (tertiary/aromatic N) is 5. The molecule has 2 saturated heterocycles. The van der Waals surface area contributed by atoms with Gasteiger partial charge in [0.25, 0.3) is 0 Å². The summed E-state index contributed by atoms with van der Waals surface area (Å²) in [5.41, 5.74) is 2.45. The zero-order valence-corrected chi connectivity index (χ0v) is 15.1. The molecule has 2 aromatic rings. The molecule has 2 aliphatic heterocycles. The number of thiazole rings is 1. The van der Waals surface area contributed by atoms with E-state index in [1.54, 1.807) is 17.7 Å². The summed E-state index contributed by atoms with van der Waals surface area (Å²) in [7, 11) is 0. The molecule has 0 bridgehead atoms. The molecule has 0 aromatic carbocycles. The molecule has 0 radical (unpaired) electrons. The largest absolute Gasteiger partial charge is 0.357 e. The molecule has 0 saturated carbocycles. The van der Waals surface area contributed by atoms with E-state index in [1.807, 2.05) is 0 Å². The van der Waals surface area contributed by atoms with Crippen LogP contribution < -0.4 is 4.90 Å². The second-order valence-electron chi connectivity index (χ2n) is 6.90. The van der Waals surface area contributed by atoms with E-state index in [2.05, 4.69) is 43.1 Å². The van der Waals surface area contributed by atoms with Gasteiger partial charge in [0.1, 0.15) is 12.1 Å². The van der Waals surface area contributed by atoms with Crippen molar-refractivity contribution in [3.05, 3.63) is 34.2 Å². The molecule has 0 spiro atoms. The molecular formula is C18H25N5S. The minimum Gasteiger partial charge on any atom is -0.357 e. The Kier molecular flexibility index (Phi) is 4.76. The van der Waals surface area contributed by atoms with Gasteiger partial charge in [-0.3, -0.25) is 4.90 Å². The van der Waals surface area contributed by atoms with E-state index in [0.29, 0.717) is 5.92 Å². The topological polar surface area (TPSA) is 45.2 Å². The molecule has 0 unspecified atom stereocenters. The van der Waals surface area contributed by atoms with Crippen LogP contribution in [0.5, 0.6) is 0 Å². The maximum Gasteiger partial charge on any atom is 0.132 e. The van der Waals surface area contributed by atoms with Crippen LogP contribution in [0.2, 0.25) is 0 Å². The molecule has 2 fully saturated rings. The normalized spacial score (nSPS) is 20.0.